The molecule has 1 aliphatic rings. The predicted molar refractivity (Wildman–Crippen MR) is 103 cm³/mol. The Hall–Kier alpha value is -1.75. The van der Waals surface area contributed by atoms with Crippen molar-refractivity contribution in [3.8, 4) is 5.69 Å². The van der Waals surface area contributed by atoms with Crippen LogP contribution in [0.3, 0.4) is 0 Å². The summed E-state index contributed by atoms with van der Waals surface area (Å²) in [5.74, 6) is 0.118. The fourth-order valence-corrected chi connectivity index (χ4v) is 4.22. The molecule has 25 heavy (non-hydrogen) atoms. The highest BCUT2D eigenvalue weighted by atomic mass is 32.2. The summed E-state index contributed by atoms with van der Waals surface area (Å²) in [5.41, 5.74) is 3.62. The average molecular weight is 358 g/mol. The molecular weight excluding hydrogens is 330 g/mol. The third kappa shape index (κ3) is 4.27. The van der Waals surface area contributed by atoms with Crippen LogP contribution in [0.1, 0.15) is 50.2 Å². The molecule has 1 saturated carbocycles. The molecule has 0 radical (unpaired) electrons. The lowest BCUT2D eigenvalue weighted by Gasteiger charge is -2.24. The number of carbonyl (C=O) groups excluding carboxylic acids is 1. The van der Waals surface area contributed by atoms with E-state index in [1.807, 2.05) is 13.1 Å². The van der Waals surface area contributed by atoms with Crippen LogP contribution in [0.5, 0.6) is 0 Å². The van der Waals surface area contributed by atoms with E-state index in [1.165, 1.54) is 42.2 Å². The minimum atomic E-state index is -0.159. The first-order valence-electron chi connectivity index (χ1n) is 9.13. The molecule has 0 unspecified atom stereocenters. The van der Waals surface area contributed by atoms with Gasteiger partial charge < -0.3 is 5.32 Å². The predicted octanol–water partition coefficient (Wildman–Crippen LogP) is 4.42. The van der Waals surface area contributed by atoms with Gasteiger partial charge in [-0.1, -0.05) is 43.2 Å². The van der Waals surface area contributed by atoms with E-state index in [2.05, 4.69) is 46.9 Å². The largest absolute Gasteiger partial charge is 0.352 e. The van der Waals surface area contributed by atoms with Crippen LogP contribution in [0.4, 0.5) is 0 Å². The molecule has 1 aromatic heterocycles. The number of hydrogen-bond acceptors (Lipinski definition) is 3. The van der Waals surface area contributed by atoms with Gasteiger partial charge in [0.15, 0.2) is 5.16 Å². The molecule has 1 fully saturated rings. The second-order valence-corrected chi connectivity index (χ2v) is 8.21. The Morgan fingerprint density at radius 3 is 2.80 bits per heavy atom. The van der Waals surface area contributed by atoms with Crippen LogP contribution in [0.2, 0.25) is 0 Å². The molecule has 1 amide bonds. The lowest BCUT2D eigenvalue weighted by atomic mass is 9.95. The fourth-order valence-electron chi connectivity index (χ4n) is 3.33. The number of hydrogen-bond donors (Lipinski definition) is 1. The minimum absolute atomic E-state index is 0.118. The topological polar surface area (TPSA) is 46.9 Å². The minimum Gasteiger partial charge on any atom is -0.352 e. The highest BCUT2D eigenvalue weighted by Crippen LogP contribution is 2.27. The standard InChI is InChI=1S/C20H27N3OS/c1-14-8-7-11-18(15(14)2)23-13-12-21-20(23)25-16(3)19(24)22-17-9-5-4-6-10-17/h7-8,11-13,16-17H,4-6,9-10H2,1-3H3,(H,22,24)/t16-/m1/s1. The summed E-state index contributed by atoms with van der Waals surface area (Å²) >= 11 is 1.52. The van der Waals surface area contributed by atoms with Gasteiger partial charge in [-0.2, -0.15) is 0 Å². The van der Waals surface area contributed by atoms with Crippen molar-refractivity contribution in [2.75, 3.05) is 0 Å². The zero-order chi connectivity index (χ0) is 17.8. The van der Waals surface area contributed by atoms with Gasteiger partial charge in [0, 0.05) is 18.4 Å². The third-order valence-corrected chi connectivity index (χ3v) is 6.13. The normalized spacial score (nSPS) is 16.6. The Morgan fingerprint density at radius 2 is 2.04 bits per heavy atom. The molecule has 1 heterocycles. The summed E-state index contributed by atoms with van der Waals surface area (Å²) in [7, 11) is 0. The quantitative estimate of drug-likeness (QED) is 0.806. The number of nitrogens with one attached hydrogen (secondary N) is 1. The van der Waals surface area contributed by atoms with Crippen LogP contribution in [0.25, 0.3) is 5.69 Å². The molecule has 2 aromatic rings. The molecule has 1 aromatic carbocycles. The van der Waals surface area contributed by atoms with Crippen LogP contribution in [-0.2, 0) is 4.79 Å². The maximum atomic E-state index is 12.5. The molecule has 0 saturated heterocycles. The van der Waals surface area contributed by atoms with Crippen molar-refractivity contribution in [1.82, 2.24) is 14.9 Å². The van der Waals surface area contributed by atoms with Crippen molar-refractivity contribution in [2.24, 2.45) is 0 Å². The smallest absolute Gasteiger partial charge is 0.233 e. The number of amides is 1. The molecule has 1 atom stereocenters. The van der Waals surface area contributed by atoms with Gasteiger partial charge in [-0.15, -0.1) is 0 Å². The van der Waals surface area contributed by atoms with Crippen molar-refractivity contribution < 1.29 is 4.79 Å². The van der Waals surface area contributed by atoms with Crippen LogP contribution in [-0.4, -0.2) is 26.8 Å². The molecule has 134 valence electrons. The van der Waals surface area contributed by atoms with E-state index in [0.29, 0.717) is 6.04 Å². The van der Waals surface area contributed by atoms with Crippen molar-refractivity contribution in [2.45, 2.75) is 69.3 Å². The maximum Gasteiger partial charge on any atom is 0.233 e. The van der Waals surface area contributed by atoms with E-state index < -0.39 is 0 Å². The molecule has 0 spiro atoms. The first-order valence-corrected chi connectivity index (χ1v) is 10.0. The Morgan fingerprint density at radius 1 is 1.28 bits per heavy atom. The Balaban J connectivity index is 1.70. The molecule has 3 rings (SSSR count). The number of aryl methyl sites for hydroxylation is 1. The molecule has 4 nitrogen and oxygen atoms in total. The second-order valence-electron chi connectivity index (χ2n) is 6.90. The average Bonchev–Trinajstić information content (AvgIpc) is 3.06. The van der Waals surface area contributed by atoms with Gasteiger partial charge in [-0.25, -0.2) is 4.98 Å². The summed E-state index contributed by atoms with van der Waals surface area (Å²) in [6.07, 6.45) is 9.74. The van der Waals surface area contributed by atoms with Crippen molar-refractivity contribution in [3.63, 3.8) is 0 Å². The van der Waals surface area contributed by atoms with Crippen molar-refractivity contribution in [1.29, 1.82) is 0 Å². The zero-order valence-electron chi connectivity index (χ0n) is 15.3. The van der Waals surface area contributed by atoms with Gasteiger partial charge in [-0.05, 0) is 50.8 Å². The van der Waals surface area contributed by atoms with E-state index in [0.717, 1.165) is 23.7 Å². The molecule has 1 N–H and O–H groups in total. The maximum absolute atomic E-state index is 12.5. The van der Waals surface area contributed by atoms with Crippen LogP contribution >= 0.6 is 11.8 Å². The van der Waals surface area contributed by atoms with Gasteiger partial charge in [0.1, 0.15) is 0 Å². The fraction of sp³-hybridized carbons (Fsp3) is 0.500. The lowest BCUT2D eigenvalue weighted by molar-refractivity contribution is -0.121. The summed E-state index contributed by atoms with van der Waals surface area (Å²) in [6.45, 7) is 6.20. The van der Waals surface area contributed by atoms with E-state index in [9.17, 15) is 4.79 Å². The van der Waals surface area contributed by atoms with Gasteiger partial charge in [0.05, 0.1) is 10.9 Å². The van der Waals surface area contributed by atoms with Crippen molar-refractivity contribution in [3.05, 3.63) is 41.7 Å². The second kappa shape index (κ2) is 8.09. The zero-order valence-corrected chi connectivity index (χ0v) is 16.1. The number of aromatic nitrogens is 2. The van der Waals surface area contributed by atoms with E-state index in [4.69, 9.17) is 0 Å². The van der Waals surface area contributed by atoms with Crippen LogP contribution < -0.4 is 5.32 Å². The highest BCUT2D eigenvalue weighted by Gasteiger charge is 2.22. The Kier molecular flexibility index (Phi) is 5.84. The van der Waals surface area contributed by atoms with Gasteiger partial charge >= 0.3 is 0 Å². The Labute approximate surface area is 154 Å². The number of thioether (sulfide) groups is 1. The SMILES string of the molecule is Cc1cccc(-n2ccnc2S[C@H](C)C(=O)NC2CCCCC2)c1C. The summed E-state index contributed by atoms with van der Waals surface area (Å²) in [6, 6.07) is 6.62. The van der Waals surface area contributed by atoms with E-state index in [-0.39, 0.29) is 11.2 Å². The van der Waals surface area contributed by atoms with Gasteiger partial charge in [0.2, 0.25) is 5.91 Å². The van der Waals surface area contributed by atoms with Crippen molar-refractivity contribution >= 4 is 17.7 Å². The lowest BCUT2D eigenvalue weighted by Crippen LogP contribution is -2.40. The van der Waals surface area contributed by atoms with E-state index in [1.54, 1.807) is 6.20 Å². The first kappa shape index (κ1) is 18.1. The third-order valence-electron chi connectivity index (χ3n) is 5.05. The Bertz CT molecular complexity index is 734. The number of benzene rings is 1. The summed E-state index contributed by atoms with van der Waals surface area (Å²) in [4.78, 5) is 17.0. The number of carbonyl (C=O) groups is 1. The molecule has 1 aliphatic carbocycles. The number of nitrogens with zero attached hydrogens (tertiary/aromatic N) is 2. The number of rotatable bonds is 5. The molecule has 5 heteroatoms. The highest BCUT2D eigenvalue weighted by molar-refractivity contribution is 8.00. The van der Waals surface area contributed by atoms with E-state index >= 15 is 0 Å². The van der Waals surface area contributed by atoms with Crippen LogP contribution in [0.15, 0.2) is 35.7 Å². The van der Waals surface area contributed by atoms with Crippen LogP contribution in [0, 0.1) is 13.8 Å². The number of imidazole rings is 1. The molecular formula is C20H27N3OS. The monoisotopic (exact) mass is 357 g/mol. The molecule has 0 aliphatic heterocycles. The van der Waals surface area contributed by atoms with Gasteiger partial charge in [0.25, 0.3) is 0 Å². The first-order chi connectivity index (χ1) is 12.1. The summed E-state index contributed by atoms with van der Waals surface area (Å²) < 4.78 is 2.08. The summed E-state index contributed by atoms with van der Waals surface area (Å²) in [5, 5.41) is 3.92. The van der Waals surface area contributed by atoms with Gasteiger partial charge in [-0.3, -0.25) is 9.36 Å². The molecule has 0 bridgehead atoms.